The highest BCUT2D eigenvalue weighted by Crippen LogP contribution is 2.46. The largest absolute Gasteiger partial charge is 0.466 e. The summed E-state index contributed by atoms with van der Waals surface area (Å²) in [5.74, 6) is -11.5. The van der Waals surface area contributed by atoms with Gasteiger partial charge in [-0.15, -0.1) is 0 Å². The molecule has 0 aliphatic heterocycles. The van der Waals surface area contributed by atoms with E-state index in [9.17, 15) is 35.5 Å². The Morgan fingerprint density at radius 3 is 1.92 bits per heavy atom. The number of thiol groups is 1. The summed E-state index contributed by atoms with van der Waals surface area (Å²) in [4.78, 5) is 11.0. The van der Waals surface area contributed by atoms with E-state index in [0.29, 0.717) is 25.0 Å². The Bertz CT molecular complexity index is 375. The van der Waals surface area contributed by atoms with Gasteiger partial charge >= 0.3 is 24.0 Å². The number of carbonyl (C=O) groups is 1. The van der Waals surface area contributed by atoms with Crippen LogP contribution in [0.15, 0.2) is 0 Å². The van der Waals surface area contributed by atoms with Crippen LogP contribution in [0.5, 0.6) is 0 Å². The molecule has 0 bridgehead atoms. The normalized spacial score (nSPS) is 13.2. The van der Waals surface area contributed by atoms with Crippen LogP contribution < -0.4 is 0 Å². The number of esters is 1. The third kappa shape index (κ3) is 7.91. The lowest BCUT2D eigenvalue weighted by Crippen LogP contribution is -2.54. The van der Waals surface area contributed by atoms with Crippen molar-refractivity contribution in [1.82, 2.24) is 0 Å². The van der Waals surface area contributed by atoms with E-state index in [1.54, 1.807) is 0 Å². The van der Waals surface area contributed by atoms with E-state index in [1.807, 2.05) is 0 Å². The Morgan fingerprint density at radius 2 is 1.42 bits per heavy atom. The van der Waals surface area contributed by atoms with E-state index >= 15 is 0 Å². The number of hydrogen-bond acceptors (Lipinski definition) is 4. The minimum atomic E-state index is -6.34. The Kier molecular flexibility index (Phi) is 10.0. The number of rotatable bonds is 12. The maximum absolute atomic E-state index is 12.9. The number of alkyl halides is 7. The molecule has 0 spiro atoms. The van der Waals surface area contributed by atoms with Crippen LogP contribution in [0.2, 0.25) is 0 Å². The molecule has 0 radical (unpaired) electrons. The topological polar surface area (TPSA) is 35.5 Å². The highest BCUT2D eigenvalue weighted by Gasteiger charge is 2.72. The summed E-state index contributed by atoms with van der Waals surface area (Å²) in [6, 6.07) is 0. The van der Waals surface area contributed by atoms with Crippen molar-refractivity contribution in [2.24, 2.45) is 0 Å². The molecule has 0 aromatic rings. The van der Waals surface area contributed by atoms with Crippen LogP contribution in [0.1, 0.15) is 32.1 Å². The zero-order valence-electron chi connectivity index (χ0n) is 12.7. The van der Waals surface area contributed by atoms with Gasteiger partial charge in [0.1, 0.15) is 6.61 Å². The molecule has 24 heavy (non-hydrogen) atoms. The molecule has 3 nitrogen and oxygen atoms in total. The van der Waals surface area contributed by atoms with E-state index < -0.39 is 24.6 Å². The second-order valence-corrected chi connectivity index (χ2v) is 5.38. The quantitative estimate of drug-likeness (QED) is 0.235. The molecule has 11 heteroatoms. The van der Waals surface area contributed by atoms with Crippen molar-refractivity contribution in [1.29, 1.82) is 0 Å². The second kappa shape index (κ2) is 10.3. The molecule has 0 aliphatic rings. The zero-order chi connectivity index (χ0) is 18.9. The summed E-state index contributed by atoms with van der Waals surface area (Å²) in [5, 5.41) is 0. The Labute approximate surface area is 140 Å². The Morgan fingerprint density at radius 1 is 0.875 bits per heavy atom. The monoisotopic (exact) mass is 388 g/mol. The Hall–Kier alpha value is -0.710. The van der Waals surface area contributed by atoms with Gasteiger partial charge in [-0.3, -0.25) is 4.79 Å². The molecule has 0 amide bonds. The molecule has 0 aliphatic carbocycles. The van der Waals surface area contributed by atoms with Crippen LogP contribution in [-0.2, 0) is 14.3 Å². The lowest BCUT2D eigenvalue weighted by molar-refractivity contribution is -0.361. The molecule has 0 saturated carbocycles. The average Bonchev–Trinajstić information content (AvgIpc) is 2.44. The molecule has 0 fully saturated rings. The first-order valence-corrected chi connectivity index (χ1v) is 7.75. The predicted molar refractivity (Wildman–Crippen MR) is 74.7 cm³/mol. The number of carbonyl (C=O) groups excluding carboxylic acids is 1. The molecule has 0 heterocycles. The fourth-order valence-electron chi connectivity index (χ4n) is 1.51. The minimum Gasteiger partial charge on any atom is -0.466 e. The lowest BCUT2D eigenvalue weighted by Gasteiger charge is -2.27. The second-order valence-electron chi connectivity index (χ2n) is 4.94. The summed E-state index contributed by atoms with van der Waals surface area (Å²) >= 11 is 3.85. The van der Waals surface area contributed by atoms with Crippen molar-refractivity contribution in [3.63, 3.8) is 0 Å². The molecule has 144 valence electrons. The number of halogens is 7. The fraction of sp³-hybridized carbons (Fsp3) is 0.923. The molecule has 0 atom stereocenters. The summed E-state index contributed by atoms with van der Waals surface area (Å²) in [6.07, 6.45) is -4.41. The first kappa shape index (κ1) is 23.3. The summed E-state index contributed by atoms with van der Waals surface area (Å²) in [6.45, 7) is -2.20. The van der Waals surface area contributed by atoms with Gasteiger partial charge in [-0.2, -0.15) is 43.4 Å². The zero-order valence-corrected chi connectivity index (χ0v) is 13.6. The minimum absolute atomic E-state index is 0.184. The van der Waals surface area contributed by atoms with Crippen LogP contribution in [0.25, 0.3) is 0 Å². The standard InChI is InChI=1S/C13H19F7O3S/c14-11(15,12(16,17)13(18,19)20)9-22-6-3-1-2-4-7-23-10(21)5-8-24/h24H,1-9H2. The van der Waals surface area contributed by atoms with E-state index in [-0.39, 0.29) is 32.0 Å². The van der Waals surface area contributed by atoms with Gasteiger partial charge in [0.25, 0.3) is 0 Å². The van der Waals surface area contributed by atoms with Crippen LogP contribution in [0, 0.1) is 0 Å². The van der Waals surface area contributed by atoms with Crippen molar-refractivity contribution in [2.45, 2.75) is 50.1 Å². The van der Waals surface area contributed by atoms with Crippen molar-refractivity contribution in [3.8, 4) is 0 Å². The lowest BCUT2D eigenvalue weighted by atomic mass is 10.1. The van der Waals surface area contributed by atoms with Gasteiger partial charge in [-0.25, -0.2) is 0 Å². The fourth-order valence-corrected chi connectivity index (χ4v) is 1.69. The molecule has 0 unspecified atom stereocenters. The van der Waals surface area contributed by atoms with Gasteiger partial charge < -0.3 is 9.47 Å². The summed E-state index contributed by atoms with van der Waals surface area (Å²) in [7, 11) is 0. The summed E-state index contributed by atoms with van der Waals surface area (Å²) in [5.41, 5.74) is 0. The SMILES string of the molecule is O=C(CCS)OCCCCCCOCC(F)(F)C(F)(F)C(F)(F)F. The smallest absolute Gasteiger partial charge is 0.459 e. The van der Waals surface area contributed by atoms with Crippen molar-refractivity contribution < 1.29 is 45.0 Å². The van der Waals surface area contributed by atoms with Crippen LogP contribution in [-0.4, -0.2) is 49.6 Å². The molecular weight excluding hydrogens is 369 g/mol. The summed E-state index contributed by atoms with van der Waals surface area (Å²) < 4.78 is 95.4. The van der Waals surface area contributed by atoms with Gasteiger partial charge in [-0.05, 0) is 19.3 Å². The first-order valence-electron chi connectivity index (χ1n) is 7.12. The van der Waals surface area contributed by atoms with E-state index in [2.05, 4.69) is 17.4 Å². The highest BCUT2D eigenvalue weighted by atomic mass is 32.1. The van der Waals surface area contributed by atoms with Gasteiger partial charge in [0.05, 0.1) is 13.0 Å². The Balaban J connectivity index is 3.78. The molecular formula is C13H19F7O3S. The third-order valence-electron chi connectivity index (χ3n) is 2.86. The van der Waals surface area contributed by atoms with Crippen LogP contribution >= 0.6 is 12.6 Å². The van der Waals surface area contributed by atoms with E-state index in [1.165, 1.54) is 0 Å². The van der Waals surface area contributed by atoms with E-state index in [4.69, 9.17) is 4.74 Å². The van der Waals surface area contributed by atoms with Crippen LogP contribution in [0.3, 0.4) is 0 Å². The van der Waals surface area contributed by atoms with Crippen molar-refractivity contribution in [2.75, 3.05) is 25.6 Å². The number of unbranched alkanes of at least 4 members (excludes halogenated alkanes) is 3. The number of ether oxygens (including phenoxy) is 2. The first-order chi connectivity index (χ1) is 11.0. The van der Waals surface area contributed by atoms with Crippen molar-refractivity contribution in [3.05, 3.63) is 0 Å². The van der Waals surface area contributed by atoms with Gasteiger partial charge in [0.2, 0.25) is 0 Å². The van der Waals surface area contributed by atoms with Gasteiger partial charge in [0.15, 0.2) is 0 Å². The maximum atomic E-state index is 12.9. The molecule has 0 N–H and O–H groups in total. The number of hydrogen-bond donors (Lipinski definition) is 1. The van der Waals surface area contributed by atoms with Gasteiger partial charge in [0, 0.05) is 12.4 Å². The predicted octanol–water partition coefficient (Wildman–Crippen LogP) is 4.26. The van der Waals surface area contributed by atoms with Crippen LogP contribution in [0.4, 0.5) is 30.7 Å². The maximum Gasteiger partial charge on any atom is 0.459 e. The van der Waals surface area contributed by atoms with Gasteiger partial charge in [-0.1, -0.05) is 6.42 Å². The molecule has 0 saturated heterocycles. The van der Waals surface area contributed by atoms with Crippen molar-refractivity contribution >= 4 is 18.6 Å². The third-order valence-corrected chi connectivity index (χ3v) is 3.08. The molecule has 0 aromatic heterocycles. The average molecular weight is 388 g/mol. The molecule has 0 rings (SSSR count). The molecule has 0 aromatic carbocycles. The van der Waals surface area contributed by atoms with E-state index in [0.717, 1.165) is 0 Å². The highest BCUT2D eigenvalue weighted by molar-refractivity contribution is 7.80.